The number of carbonyl (C=O) groups is 1. The monoisotopic (exact) mass is 324 g/mol. The number of carbonyl (C=O) groups excluding carboxylic acids is 1. The van der Waals surface area contributed by atoms with Crippen molar-refractivity contribution in [2.45, 2.75) is 13.5 Å². The normalized spacial score (nSPS) is 10.8. The second-order valence-corrected chi connectivity index (χ2v) is 5.84. The van der Waals surface area contributed by atoms with Gasteiger partial charge in [-0.25, -0.2) is 4.98 Å². The number of para-hydroxylation sites is 1. The van der Waals surface area contributed by atoms with Crippen LogP contribution in [-0.4, -0.2) is 39.2 Å². The molecule has 3 rings (SSSR count). The number of fused-ring (bicyclic) bond motifs is 1. The van der Waals surface area contributed by atoms with Crippen LogP contribution < -0.4 is 4.74 Å². The van der Waals surface area contributed by atoms with Crippen LogP contribution in [0, 0.1) is 6.92 Å². The molecule has 0 aliphatic heterocycles. The lowest BCUT2D eigenvalue weighted by Crippen LogP contribution is -2.30. The van der Waals surface area contributed by atoms with E-state index in [1.165, 1.54) is 0 Å². The molecule has 24 heavy (non-hydrogen) atoms. The van der Waals surface area contributed by atoms with Crippen LogP contribution in [0.2, 0.25) is 0 Å². The van der Waals surface area contributed by atoms with Gasteiger partial charge in [-0.05, 0) is 19.1 Å². The van der Waals surface area contributed by atoms with Crippen molar-refractivity contribution < 1.29 is 9.53 Å². The number of aromatic nitrogens is 3. The molecule has 6 heteroatoms. The predicted octanol–water partition coefficient (Wildman–Crippen LogP) is 2.31. The van der Waals surface area contributed by atoms with Crippen LogP contribution in [0.4, 0.5) is 0 Å². The SMILES string of the molecule is Cc1ccc2cccc(OCC(=O)N(C)Cc3cnn(C)c3)c2n1. The summed E-state index contributed by atoms with van der Waals surface area (Å²) < 4.78 is 7.44. The Bertz CT molecular complexity index is 872. The average molecular weight is 324 g/mol. The Kier molecular flexibility index (Phi) is 4.46. The highest BCUT2D eigenvalue weighted by atomic mass is 16.5. The van der Waals surface area contributed by atoms with Gasteiger partial charge < -0.3 is 9.64 Å². The number of amides is 1. The number of benzene rings is 1. The summed E-state index contributed by atoms with van der Waals surface area (Å²) in [6.07, 6.45) is 3.64. The molecule has 0 radical (unpaired) electrons. The van der Waals surface area contributed by atoms with Gasteiger partial charge in [0.25, 0.3) is 5.91 Å². The van der Waals surface area contributed by atoms with Crippen molar-refractivity contribution in [2.24, 2.45) is 7.05 Å². The van der Waals surface area contributed by atoms with Gasteiger partial charge in [-0.2, -0.15) is 5.10 Å². The predicted molar refractivity (Wildman–Crippen MR) is 91.7 cm³/mol. The second kappa shape index (κ2) is 6.70. The topological polar surface area (TPSA) is 60.2 Å². The summed E-state index contributed by atoms with van der Waals surface area (Å²) in [7, 11) is 3.61. The first kappa shape index (κ1) is 16.0. The van der Waals surface area contributed by atoms with Crippen LogP contribution in [0.15, 0.2) is 42.7 Å². The molecule has 0 N–H and O–H groups in total. The lowest BCUT2D eigenvalue weighted by atomic mass is 10.2. The van der Waals surface area contributed by atoms with Crippen LogP contribution in [0.3, 0.4) is 0 Å². The number of hydrogen-bond acceptors (Lipinski definition) is 4. The Balaban J connectivity index is 1.67. The van der Waals surface area contributed by atoms with Gasteiger partial charge in [-0.15, -0.1) is 0 Å². The molecule has 2 aromatic heterocycles. The van der Waals surface area contributed by atoms with Crippen LogP contribution >= 0.6 is 0 Å². The molecule has 0 bridgehead atoms. The molecule has 2 heterocycles. The van der Waals surface area contributed by atoms with Crippen LogP contribution in [0.1, 0.15) is 11.3 Å². The number of nitrogens with zero attached hydrogens (tertiary/aromatic N) is 4. The van der Waals surface area contributed by atoms with Crippen molar-refractivity contribution >= 4 is 16.8 Å². The fourth-order valence-electron chi connectivity index (χ4n) is 2.50. The lowest BCUT2D eigenvalue weighted by molar-refractivity contribution is -0.132. The maximum atomic E-state index is 12.3. The van der Waals surface area contributed by atoms with Crippen LogP contribution in [-0.2, 0) is 18.4 Å². The first-order chi connectivity index (χ1) is 11.5. The molecule has 0 unspecified atom stereocenters. The van der Waals surface area contributed by atoms with E-state index in [1.807, 2.05) is 50.5 Å². The van der Waals surface area contributed by atoms with Gasteiger partial charge in [0, 0.05) is 43.5 Å². The van der Waals surface area contributed by atoms with Gasteiger partial charge in [0.2, 0.25) is 0 Å². The third-order valence-corrected chi connectivity index (χ3v) is 3.78. The van der Waals surface area contributed by atoms with Gasteiger partial charge in [-0.3, -0.25) is 9.48 Å². The van der Waals surface area contributed by atoms with E-state index in [9.17, 15) is 4.79 Å². The third kappa shape index (κ3) is 3.53. The molecular formula is C18H20N4O2. The third-order valence-electron chi connectivity index (χ3n) is 3.78. The zero-order valence-corrected chi connectivity index (χ0v) is 14.1. The molecule has 1 amide bonds. The minimum absolute atomic E-state index is 0.0223. The van der Waals surface area contributed by atoms with E-state index in [2.05, 4.69) is 10.1 Å². The van der Waals surface area contributed by atoms with E-state index in [0.717, 1.165) is 22.2 Å². The Morgan fingerprint density at radius 1 is 1.29 bits per heavy atom. The first-order valence-electron chi connectivity index (χ1n) is 7.73. The summed E-state index contributed by atoms with van der Waals surface area (Å²) >= 11 is 0. The zero-order valence-electron chi connectivity index (χ0n) is 14.1. The van der Waals surface area contributed by atoms with Crippen molar-refractivity contribution in [1.29, 1.82) is 0 Å². The molecule has 0 aliphatic rings. The van der Waals surface area contributed by atoms with Crippen molar-refractivity contribution in [2.75, 3.05) is 13.7 Å². The summed E-state index contributed by atoms with van der Waals surface area (Å²) in [4.78, 5) is 18.4. The molecule has 0 spiro atoms. The van der Waals surface area contributed by atoms with E-state index in [4.69, 9.17) is 4.74 Å². The number of hydrogen-bond donors (Lipinski definition) is 0. The Hall–Kier alpha value is -2.89. The first-order valence-corrected chi connectivity index (χ1v) is 7.73. The van der Waals surface area contributed by atoms with E-state index < -0.39 is 0 Å². The summed E-state index contributed by atoms with van der Waals surface area (Å²) in [6.45, 7) is 2.41. The molecule has 0 aliphatic carbocycles. The van der Waals surface area contributed by atoms with Gasteiger partial charge in [0.05, 0.1) is 6.20 Å². The van der Waals surface area contributed by atoms with Crippen molar-refractivity contribution in [3.63, 3.8) is 0 Å². The standard InChI is InChI=1S/C18H20N4O2/c1-13-7-8-15-5-4-6-16(18(15)20-13)24-12-17(23)21(2)10-14-9-19-22(3)11-14/h4-9,11H,10,12H2,1-3H3. The second-order valence-electron chi connectivity index (χ2n) is 5.84. The van der Waals surface area contributed by atoms with E-state index >= 15 is 0 Å². The molecule has 0 saturated carbocycles. The van der Waals surface area contributed by atoms with Crippen molar-refractivity contribution in [3.05, 3.63) is 54.0 Å². The number of likely N-dealkylation sites (N-methyl/N-ethyl adjacent to an activating group) is 1. The highest BCUT2D eigenvalue weighted by molar-refractivity contribution is 5.85. The Morgan fingerprint density at radius 3 is 2.88 bits per heavy atom. The molecule has 0 atom stereocenters. The van der Waals surface area contributed by atoms with E-state index in [1.54, 1.807) is 22.8 Å². The lowest BCUT2D eigenvalue weighted by Gasteiger charge is -2.17. The molecule has 0 fully saturated rings. The van der Waals surface area contributed by atoms with Crippen LogP contribution in [0.5, 0.6) is 5.75 Å². The van der Waals surface area contributed by atoms with Gasteiger partial charge >= 0.3 is 0 Å². The highest BCUT2D eigenvalue weighted by Crippen LogP contribution is 2.23. The molecular weight excluding hydrogens is 304 g/mol. The fraction of sp³-hybridized carbons (Fsp3) is 0.278. The summed E-state index contributed by atoms with van der Waals surface area (Å²) in [5, 5.41) is 5.10. The molecule has 6 nitrogen and oxygen atoms in total. The van der Waals surface area contributed by atoms with Crippen molar-refractivity contribution in [1.82, 2.24) is 19.7 Å². The quantitative estimate of drug-likeness (QED) is 0.722. The van der Waals surface area contributed by atoms with Crippen molar-refractivity contribution in [3.8, 4) is 5.75 Å². The molecule has 0 saturated heterocycles. The number of rotatable bonds is 5. The number of pyridine rings is 1. The average Bonchev–Trinajstić information content (AvgIpc) is 2.97. The van der Waals surface area contributed by atoms with E-state index in [0.29, 0.717) is 12.3 Å². The highest BCUT2D eigenvalue weighted by Gasteiger charge is 2.12. The van der Waals surface area contributed by atoms with Gasteiger partial charge in [0.15, 0.2) is 6.61 Å². The van der Waals surface area contributed by atoms with Gasteiger partial charge in [-0.1, -0.05) is 18.2 Å². The molecule has 1 aromatic carbocycles. The zero-order chi connectivity index (χ0) is 17.1. The van der Waals surface area contributed by atoms with E-state index in [-0.39, 0.29) is 12.5 Å². The Morgan fingerprint density at radius 2 is 2.12 bits per heavy atom. The Labute approximate surface area is 140 Å². The minimum atomic E-state index is -0.0940. The van der Waals surface area contributed by atoms with Crippen LogP contribution in [0.25, 0.3) is 10.9 Å². The molecule has 124 valence electrons. The maximum Gasteiger partial charge on any atom is 0.260 e. The largest absolute Gasteiger partial charge is 0.481 e. The molecule has 3 aromatic rings. The maximum absolute atomic E-state index is 12.3. The van der Waals surface area contributed by atoms with Gasteiger partial charge in [0.1, 0.15) is 11.3 Å². The summed E-state index contributed by atoms with van der Waals surface area (Å²) in [6, 6.07) is 9.67. The summed E-state index contributed by atoms with van der Waals surface area (Å²) in [5.41, 5.74) is 2.68. The number of ether oxygens (including phenoxy) is 1. The minimum Gasteiger partial charge on any atom is -0.481 e. The summed E-state index contributed by atoms with van der Waals surface area (Å²) in [5.74, 6) is 0.530. The smallest absolute Gasteiger partial charge is 0.260 e. The fourth-order valence-corrected chi connectivity index (χ4v) is 2.50. The number of aryl methyl sites for hydroxylation is 2.